The van der Waals surface area contributed by atoms with Gasteiger partial charge in [-0.3, -0.25) is 9.59 Å². The SMILES string of the molecule is COc1cc(Cl)ccc1C(=O)Nc1ccc(C(N)=O)c(F)c1. The molecular weight excluding hydrogens is 311 g/mol. The molecule has 0 aromatic heterocycles. The molecule has 0 bridgehead atoms. The summed E-state index contributed by atoms with van der Waals surface area (Å²) in [6.45, 7) is 0. The molecule has 2 amide bonds. The summed E-state index contributed by atoms with van der Waals surface area (Å²) in [5.41, 5.74) is 5.19. The average Bonchev–Trinajstić information content (AvgIpc) is 2.46. The molecular formula is C15H12ClFN2O3. The summed E-state index contributed by atoms with van der Waals surface area (Å²) in [7, 11) is 1.41. The standard InChI is InChI=1S/C15H12ClFN2O3/c1-22-13-6-8(16)2-4-11(13)15(21)19-9-3-5-10(14(18)20)12(17)7-9/h2-7H,1H3,(H2,18,20)(H,19,21). The maximum absolute atomic E-state index is 13.7. The number of hydrogen-bond acceptors (Lipinski definition) is 3. The van der Waals surface area contributed by atoms with Gasteiger partial charge in [-0.1, -0.05) is 11.6 Å². The van der Waals surface area contributed by atoms with Gasteiger partial charge in [-0.15, -0.1) is 0 Å². The minimum absolute atomic E-state index is 0.185. The second-order valence-electron chi connectivity index (χ2n) is 4.36. The summed E-state index contributed by atoms with van der Waals surface area (Å²) in [5, 5.41) is 2.93. The Hall–Kier alpha value is -2.60. The van der Waals surface area contributed by atoms with Crippen molar-refractivity contribution >= 4 is 29.1 Å². The van der Waals surface area contributed by atoms with Crippen molar-refractivity contribution in [2.24, 2.45) is 5.73 Å². The van der Waals surface area contributed by atoms with E-state index in [4.69, 9.17) is 22.1 Å². The molecule has 7 heteroatoms. The molecule has 3 N–H and O–H groups in total. The lowest BCUT2D eigenvalue weighted by molar-refractivity contribution is 0.0994. The topological polar surface area (TPSA) is 81.4 Å². The van der Waals surface area contributed by atoms with E-state index in [-0.39, 0.29) is 16.8 Å². The normalized spacial score (nSPS) is 10.1. The van der Waals surface area contributed by atoms with E-state index in [1.54, 1.807) is 0 Å². The Bertz CT molecular complexity index is 750. The first-order chi connectivity index (χ1) is 10.4. The third-order valence-corrected chi connectivity index (χ3v) is 3.14. The second kappa shape index (κ2) is 6.44. The fourth-order valence-corrected chi connectivity index (χ4v) is 2.01. The van der Waals surface area contributed by atoms with Crippen LogP contribution in [0.2, 0.25) is 5.02 Å². The number of ether oxygens (including phenoxy) is 1. The smallest absolute Gasteiger partial charge is 0.259 e. The highest BCUT2D eigenvalue weighted by atomic mass is 35.5. The largest absolute Gasteiger partial charge is 0.496 e. The first-order valence-corrected chi connectivity index (χ1v) is 6.54. The third kappa shape index (κ3) is 3.35. The van der Waals surface area contributed by atoms with Gasteiger partial charge >= 0.3 is 0 Å². The van der Waals surface area contributed by atoms with Crippen LogP contribution in [0.4, 0.5) is 10.1 Å². The van der Waals surface area contributed by atoms with Crippen molar-refractivity contribution in [2.75, 3.05) is 12.4 Å². The van der Waals surface area contributed by atoms with E-state index in [1.165, 1.54) is 37.4 Å². The Labute approximate surface area is 130 Å². The van der Waals surface area contributed by atoms with E-state index in [0.717, 1.165) is 6.07 Å². The van der Waals surface area contributed by atoms with Gasteiger partial charge in [0.15, 0.2) is 0 Å². The van der Waals surface area contributed by atoms with Crippen LogP contribution < -0.4 is 15.8 Å². The molecule has 0 saturated carbocycles. The molecule has 0 saturated heterocycles. The van der Waals surface area contributed by atoms with Crippen LogP contribution in [0.15, 0.2) is 36.4 Å². The molecule has 22 heavy (non-hydrogen) atoms. The van der Waals surface area contributed by atoms with E-state index in [0.29, 0.717) is 10.8 Å². The highest BCUT2D eigenvalue weighted by Gasteiger charge is 2.14. The van der Waals surface area contributed by atoms with Gasteiger partial charge in [-0.25, -0.2) is 4.39 Å². The van der Waals surface area contributed by atoms with Crippen molar-refractivity contribution in [1.82, 2.24) is 0 Å². The van der Waals surface area contributed by atoms with Crippen molar-refractivity contribution in [3.05, 3.63) is 58.4 Å². The van der Waals surface area contributed by atoms with Gasteiger partial charge in [-0.05, 0) is 36.4 Å². The van der Waals surface area contributed by atoms with Crippen LogP contribution in [0.3, 0.4) is 0 Å². The van der Waals surface area contributed by atoms with Crippen LogP contribution in [0, 0.1) is 5.82 Å². The van der Waals surface area contributed by atoms with Crippen molar-refractivity contribution in [1.29, 1.82) is 0 Å². The minimum atomic E-state index is -0.880. The van der Waals surface area contributed by atoms with Crippen LogP contribution in [-0.2, 0) is 0 Å². The number of carbonyl (C=O) groups is 2. The Morgan fingerprint density at radius 1 is 1.18 bits per heavy atom. The number of carbonyl (C=O) groups excluding carboxylic acids is 2. The molecule has 0 fully saturated rings. The van der Waals surface area contributed by atoms with Crippen molar-refractivity contribution in [2.45, 2.75) is 0 Å². The van der Waals surface area contributed by atoms with Crippen LogP contribution in [-0.4, -0.2) is 18.9 Å². The first kappa shape index (κ1) is 15.8. The Kier molecular flexibility index (Phi) is 4.62. The van der Waals surface area contributed by atoms with E-state index in [1.807, 2.05) is 0 Å². The number of primary amides is 1. The van der Waals surface area contributed by atoms with Gasteiger partial charge in [-0.2, -0.15) is 0 Å². The van der Waals surface area contributed by atoms with Gasteiger partial charge in [0.25, 0.3) is 11.8 Å². The summed E-state index contributed by atoms with van der Waals surface area (Å²) in [6, 6.07) is 8.11. The van der Waals surface area contributed by atoms with E-state index >= 15 is 0 Å². The van der Waals surface area contributed by atoms with Crippen LogP contribution in [0.25, 0.3) is 0 Å². The Morgan fingerprint density at radius 2 is 1.86 bits per heavy atom. The predicted molar refractivity (Wildman–Crippen MR) is 80.9 cm³/mol. The summed E-state index contributed by atoms with van der Waals surface area (Å²) >= 11 is 5.82. The molecule has 0 spiro atoms. The van der Waals surface area contributed by atoms with Gasteiger partial charge in [0.2, 0.25) is 0 Å². The molecule has 0 aliphatic rings. The zero-order chi connectivity index (χ0) is 16.3. The van der Waals surface area contributed by atoms with Gasteiger partial charge in [0.05, 0.1) is 18.2 Å². The number of anilines is 1. The highest BCUT2D eigenvalue weighted by molar-refractivity contribution is 6.31. The number of nitrogens with two attached hydrogens (primary N) is 1. The molecule has 0 atom stereocenters. The quantitative estimate of drug-likeness (QED) is 0.908. The Balaban J connectivity index is 2.26. The van der Waals surface area contributed by atoms with Crippen molar-refractivity contribution in [3.8, 4) is 5.75 Å². The van der Waals surface area contributed by atoms with Crippen molar-refractivity contribution in [3.63, 3.8) is 0 Å². The lowest BCUT2D eigenvalue weighted by Gasteiger charge is -2.10. The van der Waals surface area contributed by atoms with E-state index < -0.39 is 17.6 Å². The van der Waals surface area contributed by atoms with Crippen molar-refractivity contribution < 1.29 is 18.7 Å². The van der Waals surface area contributed by atoms with Gasteiger partial charge in [0.1, 0.15) is 11.6 Å². The summed E-state index contributed by atoms with van der Waals surface area (Å²) < 4.78 is 18.7. The summed E-state index contributed by atoms with van der Waals surface area (Å²) in [5.74, 6) is -1.90. The highest BCUT2D eigenvalue weighted by Crippen LogP contribution is 2.24. The molecule has 5 nitrogen and oxygen atoms in total. The van der Waals surface area contributed by atoms with Crippen LogP contribution in [0.1, 0.15) is 20.7 Å². The lowest BCUT2D eigenvalue weighted by Crippen LogP contribution is -2.15. The third-order valence-electron chi connectivity index (χ3n) is 2.90. The molecule has 2 rings (SSSR count). The maximum atomic E-state index is 13.7. The van der Waals surface area contributed by atoms with Crippen LogP contribution in [0.5, 0.6) is 5.75 Å². The number of hydrogen-bond donors (Lipinski definition) is 2. The summed E-state index contributed by atoms with van der Waals surface area (Å²) in [4.78, 5) is 23.1. The molecule has 0 aliphatic heterocycles. The molecule has 2 aromatic rings. The van der Waals surface area contributed by atoms with Crippen LogP contribution >= 0.6 is 11.6 Å². The monoisotopic (exact) mass is 322 g/mol. The maximum Gasteiger partial charge on any atom is 0.259 e. The lowest BCUT2D eigenvalue weighted by atomic mass is 10.1. The number of rotatable bonds is 4. The molecule has 0 heterocycles. The fourth-order valence-electron chi connectivity index (χ4n) is 1.84. The number of nitrogens with one attached hydrogen (secondary N) is 1. The molecule has 0 radical (unpaired) electrons. The van der Waals surface area contributed by atoms with E-state index in [2.05, 4.69) is 5.32 Å². The minimum Gasteiger partial charge on any atom is -0.496 e. The fraction of sp³-hybridized carbons (Fsp3) is 0.0667. The average molecular weight is 323 g/mol. The van der Waals surface area contributed by atoms with Gasteiger partial charge < -0.3 is 15.8 Å². The summed E-state index contributed by atoms with van der Waals surface area (Å²) in [6.07, 6.45) is 0. The number of benzene rings is 2. The molecule has 0 aliphatic carbocycles. The zero-order valence-corrected chi connectivity index (χ0v) is 12.3. The second-order valence-corrected chi connectivity index (χ2v) is 4.79. The van der Waals surface area contributed by atoms with E-state index in [9.17, 15) is 14.0 Å². The van der Waals surface area contributed by atoms with Gasteiger partial charge in [0, 0.05) is 10.7 Å². The number of amides is 2. The number of halogens is 2. The number of methoxy groups -OCH3 is 1. The Morgan fingerprint density at radius 3 is 2.45 bits per heavy atom. The molecule has 2 aromatic carbocycles. The first-order valence-electron chi connectivity index (χ1n) is 6.16. The zero-order valence-electron chi connectivity index (χ0n) is 11.5. The molecule has 114 valence electrons. The predicted octanol–water partition coefficient (Wildman–Crippen LogP) is 2.84. The molecule has 0 unspecified atom stereocenters.